The highest BCUT2D eigenvalue weighted by Gasteiger charge is 2.34. The second-order valence-corrected chi connectivity index (χ2v) is 9.46. The number of fused-ring (bicyclic) bond motifs is 1. The summed E-state index contributed by atoms with van der Waals surface area (Å²) < 4.78 is 25.4. The van der Waals surface area contributed by atoms with Gasteiger partial charge in [0, 0.05) is 24.0 Å². The third-order valence-electron chi connectivity index (χ3n) is 4.29. The lowest BCUT2D eigenvalue weighted by Crippen LogP contribution is -2.51. The first-order valence-electron chi connectivity index (χ1n) is 7.84. The van der Waals surface area contributed by atoms with Crippen molar-refractivity contribution in [3.8, 4) is 0 Å². The summed E-state index contributed by atoms with van der Waals surface area (Å²) in [6.45, 7) is 3.24. The SMILES string of the molecule is Cc1ccc2c(c1)S[C@@H](C(=O)N1CCC[C@@H](NS(C)(=O)=O)C1)C2. The van der Waals surface area contributed by atoms with Gasteiger partial charge in [-0.3, -0.25) is 4.79 Å². The lowest BCUT2D eigenvalue weighted by molar-refractivity contribution is -0.131. The van der Waals surface area contributed by atoms with Crippen LogP contribution in [0.5, 0.6) is 0 Å². The molecule has 1 saturated heterocycles. The Bertz CT molecular complexity index is 718. The second-order valence-electron chi connectivity index (χ2n) is 6.44. The van der Waals surface area contributed by atoms with Crippen molar-refractivity contribution in [1.29, 1.82) is 0 Å². The van der Waals surface area contributed by atoms with E-state index in [0.29, 0.717) is 13.1 Å². The Hall–Kier alpha value is -1.05. The van der Waals surface area contributed by atoms with Crippen molar-refractivity contribution < 1.29 is 13.2 Å². The number of benzene rings is 1. The monoisotopic (exact) mass is 354 g/mol. The van der Waals surface area contributed by atoms with E-state index in [2.05, 4.69) is 29.8 Å². The minimum atomic E-state index is -3.23. The fourth-order valence-electron chi connectivity index (χ4n) is 3.25. The number of rotatable bonds is 3. The molecule has 0 saturated carbocycles. The number of sulfonamides is 1. The Morgan fingerprint density at radius 2 is 2.17 bits per heavy atom. The summed E-state index contributed by atoms with van der Waals surface area (Å²) in [7, 11) is -3.23. The third-order valence-corrected chi connectivity index (χ3v) is 6.33. The van der Waals surface area contributed by atoms with Gasteiger partial charge in [0.1, 0.15) is 0 Å². The number of piperidine rings is 1. The number of nitrogens with zero attached hydrogens (tertiary/aromatic N) is 1. The molecule has 0 bridgehead atoms. The molecule has 7 heteroatoms. The predicted molar refractivity (Wildman–Crippen MR) is 92.1 cm³/mol. The molecule has 126 valence electrons. The summed E-state index contributed by atoms with van der Waals surface area (Å²) >= 11 is 1.64. The van der Waals surface area contributed by atoms with Crippen molar-refractivity contribution in [2.24, 2.45) is 0 Å². The molecule has 0 unspecified atom stereocenters. The number of aryl methyl sites for hydroxylation is 1. The number of carbonyl (C=O) groups excluding carboxylic acids is 1. The van der Waals surface area contributed by atoms with Crippen molar-refractivity contribution in [2.75, 3.05) is 19.3 Å². The maximum absolute atomic E-state index is 12.8. The van der Waals surface area contributed by atoms with Crippen LogP contribution in [0.1, 0.15) is 24.0 Å². The highest BCUT2D eigenvalue weighted by atomic mass is 32.2. The van der Waals surface area contributed by atoms with Crippen LogP contribution in [0.25, 0.3) is 0 Å². The number of hydrogen-bond donors (Lipinski definition) is 1. The molecule has 5 nitrogen and oxygen atoms in total. The molecule has 0 radical (unpaired) electrons. The van der Waals surface area contributed by atoms with Crippen molar-refractivity contribution in [2.45, 2.75) is 42.4 Å². The zero-order valence-electron chi connectivity index (χ0n) is 13.4. The summed E-state index contributed by atoms with van der Waals surface area (Å²) in [5.41, 5.74) is 2.45. The molecule has 3 rings (SSSR count). The maximum Gasteiger partial charge on any atom is 0.236 e. The number of likely N-dealkylation sites (tertiary alicyclic amines) is 1. The summed E-state index contributed by atoms with van der Waals surface area (Å²) in [5, 5.41) is -0.0798. The highest BCUT2D eigenvalue weighted by Crippen LogP contribution is 2.38. The summed E-state index contributed by atoms with van der Waals surface area (Å²) in [6, 6.07) is 6.16. The van der Waals surface area contributed by atoms with Gasteiger partial charge in [-0.05, 0) is 37.8 Å². The number of nitrogens with one attached hydrogen (secondary N) is 1. The minimum absolute atomic E-state index is 0.0798. The summed E-state index contributed by atoms with van der Waals surface area (Å²) in [5.74, 6) is 0.129. The number of carbonyl (C=O) groups is 1. The van der Waals surface area contributed by atoms with Gasteiger partial charge in [0.05, 0.1) is 11.5 Å². The predicted octanol–water partition coefficient (Wildman–Crippen LogP) is 1.55. The topological polar surface area (TPSA) is 66.5 Å². The Morgan fingerprint density at radius 1 is 1.39 bits per heavy atom. The van der Waals surface area contributed by atoms with Gasteiger partial charge >= 0.3 is 0 Å². The van der Waals surface area contributed by atoms with Crippen LogP contribution in [-0.2, 0) is 21.2 Å². The molecule has 2 atom stereocenters. The Morgan fingerprint density at radius 3 is 2.91 bits per heavy atom. The van der Waals surface area contributed by atoms with E-state index in [1.165, 1.54) is 22.3 Å². The van der Waals surface area contributed by atoms with E-state index in [1.807, 2.05) is 4.90 Å². The quantitative estimate of drug-likeness (QED) is 0.894. The first kappa shape index (κ1) is 16.8. The van der Waals surface area contributed by atoms with Gasteiger partial charge in [-0.1, -0.05) is 17.7 Å². The van der Waals surface area contributed by atoms with E-state index in [1.54, 1.807) is 11.8 Å². The van der Waals surface area contributed by atoms with Crippen LogP contribution < -0.4 is 4.72 Å². The molecule has 1 aromatic rings. The molecule has 1 N–H and O–H groups in total. The molecule has 1 aromatic carbocycles. The molecule has 1 fully saturated rings. The minimum Gasteiger partial charge on any atom is -0.340 e. The Balaban J connectivity index is 1.65. The molecule has 0 aliphatic carbocycles. The van der Waals surface area contributed by atoms with E-state index in [-0.39, 0.29) is 17.2 Å². The molecule has 23 heavy (non-hydrogen) atoms. The molecule has 1 amide bonds. The van der Waals surface area contributed by atoms with E-state index in [9.17, 15) is 13.2 Å². The molecule has 2 heterocycles. The fourth-order valence-corrected chi connectivity index (χ4v) is 5.43. The van der Waals surface area contributed by atoms with Crippen molar-refractivity contribution in [1.82, 2.24) is 9.62 Å². The van der Waals surface area contributed by atoms with Gasteiger partial charge in [0.15, 0.2) is 0 Å². The largest absolute Gasteiger partial charge is 0.340 e. The average Bonchev–Trinajstić information content (AvgIpc) is 2.88. The van der Waals surface area contributed by atoms with E-state index in [4.69, 9.17) is 0 Å². The molecular formula is C16H22N2O3S2. The van der Waals surface area contributed by atoms with Gasteiger partial charge in [-0.15, -0.1) is 11.8 Å². The number of hydrogen-bond acceptors (Lipinski definition) is 4. The van der Waals surface area contributed by atoms with Gasteiger partial charge in [0.2, 0.25) is 15.9 Å². The van der Waals surface area contributed by atoms with Crippen LogP contribution in [-0.4, -0.2) is 49.9 Å². The van der Waals surface area contributed by atoms with E-state index in [0.717, 1.165) is 19.3 Å². The van der Waals surface area contributed by atoms with Gasteiger partial charge in [-0.25, -0.2) is 13.1 Å². The second kappa shape index (κ2) is 6.45. The third kappa shape index (κ3) is 4.08. The van der Waals surface area contributed by atoms with Crippen molar-refractivity contribution in [3.05, 3.63) is 29.3 Å². The molecule has 0 aromatic heterocycles. The van der Waals surface area contributed by atoms with Crippen LogP contribution >= 0.6 is 11.8 Å². The lowest BCUT2D eigenvalue weighted by Gasteiger charge is -2.34. The molecule has 2 aliphatic heterocycles. The Kier molecular flexibility index (Phi) is 4.71. The van der Waals surface area contributed by atoms with Crippen LogP contribution in [0, 0.1) is 6.92 Å². The van der Waals surface area contributed by atoms with Crippen LogP contribution in [0.4, 0.5) is 0 Å². The van der Waals surface area contributed by atoms with Crippen molar-refractivity contribution in [3.63, 3.8) is 0 Å². The average molecular weight is 354 g/mol. The van der Waals surface area contributed by atoms with Crippen LogP contribution in [0.15, 0.2) is 23.1 Å². The normalized spacial score (nSPS) is 24.5. The number of thioether (sulfide) groups is 1. The lowest BCUT2D eigenvalue weighted by atomic mass is 10.0. The highest BCUT2D eigenvalue weighted by molar-refractivity contribution is 8.01. The first-order chi connectivity index (χ1) is 10.8. The first-order valence-corrected chi connectivity index (χ1v) is 10.6. The standard InChI is InChI=1S/C16H22N2O3S2/c1-11-5-6-12-9-15(22-14(12)8-11)16(19)18-7-3-4-13(10-18)17-23(2,20)21/h5-6,8,13,15,17H,3-4,7,9-10H2,1-2H3/t13-,15-/m1/s1. The maximum atomic E-state index is 12.8. The Labute approximate surface area is 141 Å². The van der Waals surface area contributed by atoms with Gasteiger partial charge < -0.3 is 4.90 Å². The smallest absolute Gasteiger partial charge is 0.236 e. The molecular weight excluding hydrogens is 332 g/mol. The summed E-state index contributed by atoms with van der Waals surface area (Å²) in [6.07, 6.45) is 3.55. The zero-order chi connectivity index (χ0) is 16.6. The molecule has 0 spiro atoms. The van der Waals surface area contributed by atoms with Crippen LogP contribution in [0.3, 0.4) is 0 Å². The van der Waals surface area contributed by atoms with Crippen LogP contribution in [0.2, 0.25) is 0 Å². The fraction of sp³-hybridized carbons (Fsp3) is 0.562. The summed E-state index contributed by atoms with van der Waals surface area (Å²) in [4.78, 5) is 15.8. The van der Waals surface area contributed by atoms with E-state index >= 15 is 0 Å². The zero-order valence-corrected chi connectivity index (χ0v) is 15.0. The molecule has 2 aliphatic rings. The van der Waals surface area contributed by atoms with Gasteiger partial charge in [0.25, 0.3) is 0 Å². The van der Waals surface area contributed by atoms with Gasteiger partial charge in [-0.2, -0.15) is 0 Å². The number of amides is 1. The van der Waals surface area contributed by atoms with Crippen molar-refractivity contribution >= 4 is 27.7 Å². The van der Waals surface area contributed by atoms with E-state index < -0.39 is 10.0 Å².